The number of aryl methyl sites for hydroxylation is 1. The minimum absolute atomic E-state index is 0.156. The molecule has 0 heterocycles. The molecule has 0 amide bonds. The summed E-state index contributed by atoms with van der Waals surface area (Å²) in [5.74, 6) is -0.714. The van der Waals surface area contributed by atoms with Gasteiger partial charge in [0.25, 0.3) is 0 Å². The second kappa shape index (κ2) is 2.67. The maximum Gasteiger partial charge on any atom is 0.166 e. The lowest BCUT2D eigenvalue weighted by molar-refractivity contribution is 0.0991. The lowest BCUT2D eigenvalue weighted by atomic mass is 10.1. The fourth-order valence-electron chi connectivity index (χ4n) is 1.61. The molecule has 0 aromatic heterocycles. The zero-order valence-electron chi connectivity index (χ0n) is 6.80. The van der Waals surface area contributed by atoms with E-state index in [0.29, 0.717) is 18.4 Å². The molecule has 0 aliphatic heterocycles. The highest BCUT2D eigenvalue weighted by Gasteiger charge is 2.23. The summed E-state index contributed by atoms with van der Waals surface area (Å²) < 4.78 is 13.2. The Hall–Kier alpha value is -1.69. The molecule has 0 saturated carbocycles. The molecule has 2 rings (SSSR count). The standard InChI is InChI=1S/C10H6FNO/c11-8-4-6(5-12)3-7-1-2-9(13)10(7)8/h3-4H,1-2H2. The second-order valence-electron chi connectivity index (χ2n) is 3.03. The largest absolute Gasteiger partial charge is 0.294 e. The SMILES string of the molecule is N#Cc1cc(F)c2c(c1)CCC2=O. The third kappa shape index (κ3) is 1.11. The molecule has 13 heavy (non-hydrogen) atoms. The number of rotatable bonds is 0. The first kappa shape index (κ1) is 7.93. The summed E-state index contributed by atoms with van der Waals surface area (Å²) in [6.45, 7) is 0. The van der Waals surface area contributed by atoms with Crippen LogP contribution in [0, 0.1) is 17.1 Å². The Morgan fingerprint density at radius 3 is 2.85 bits per heavy atom. The van der Waals surface area contributed by atoms with Crippen molar-refractivity contribution in [2.75, 3.05) is 0 Å². The zero-order chi connectivity index (χ0) is 9.42. The van der Waals surface area contributed by atoms with Crippen molar-refractivity contribution >= 4 is 5.78 Å². The number of carbonyl (C=O) groups is 1. The van der Waals surface area contributed by atoms with Crippen molar-refractivity contribution in [2.24, 2.45) is 0 Å². The van der Waals surface area contributed by atoms with Crippen LogP contribution in [0.2, 0.25) is 0 Å². The smallest absolute Gasteiger partial charge is 0.166 e. The van der Waals surface area contributed by atoms with Gasteiger partial charge in [0.15, 0.2) is 5.78 Å². The van der Waals surface area contributed by atoms with Crippen molar-refractivity contribution in [2.45, 2.75) is 12.8 Å². The maximum atomic E-state index is 13.2. The Bertz CT molecular complexity index is 431. The Morgan fingerprint density at radius 1 is 1.38 bits per heavy atom. The monoisotopic (exact) mass is 175 g/mol. The van der Waals surface area contributed by atoms with E-state index in [1.54, 1.807) is 6.07 Å². The average Bonchev–Trinajstić information content (AvgIpc) is 2.48. The van der Waals surface area contributed by atoms with E-state index in [1.165, 1.54) is 0 Å². The number of benzene rings is 1. The van der Waals surface area contributed by atoms with Gasteiger partial charge in [-0.15, -0.1) is 0 Å². The molecule has 0 unspecified atom stereocenters. The summed E-state index contributed by atoms with van der Waals surface area (Å²) in [4.78, 5) is 11.2. The van der Waals surface area contributed by atoms with Gasteiger partial charge < -0.3 is 0 Å². The van der Waals surface area contributed by atoms with Crippen LogP contribution in [0.3, 0.4) is 0 Å². The van der Waals surface area contributed by atoms with E-state index in [2.05, 4.69) is 0 Å². The highest BCUT2D eigenvalue weighted by molar-refractivity contribution is 6.00. The van der Waals surface area contributed by atoms with Crippen molar-refractivity contribution in [1.82, 2.24) is 0 Å². The molecule has 2 nitrogen and oxygen atoms in total. The topological polar surface area (TPSA) is 40.9 Å². The highest BCUT2D eigenvalue weighted by atomic mass is 19.1. The van der Waals surface area contributed by atoms with E-state index in [9.17, 15) is 9.18 Å². The van der Waals surface area contributed by atoms with Crippen LogP contribution in [0.4, 0.5) is 4.39 Å². The Balaban J connectivity index is 2.67. The van der Waals surface area contributed by atoms with Gasteiger partial charge in [-0.05, 0) is 24.1 Å². The number of Topliss-reactive ketones (excluding diaryl/α,β-unsaturated/α-hetero) is 1. The molecule has 1 aromatic carbocycles. The van der Waals surface area contributed by atoms with Gasteiger partial charge in [0.1, 0.15) is 5.82 Å². The molecular weight excluding hydrogens is 169 g/mol. The molecule has 0 radical (unpaired) electrons. The molecule has 0 fully saturated rings. The van der Waals surface area contributed by atoms with Gasteiger partial charge in [0.05, 0.1) is 17.2 Å². The normalized spacial score (nSPS) is 14.0. The van der Waals surface area contributed by atoms with Crippen molar-refractivity contribution in [1.29, 1.82) is 5.26 Å². The van der Waals surface area contributed by atoms with Crippen LogP contribution >= 0.6 is 0 Å². The number of nitriles is 1. The first-order valence-electron chi connectivity index (χ1n) is 3.98. The molecule has 1 aliphatic carbocycles. The van der Waals surface area contributed by atoms with Crippen molar-refractivity contribution in [3.05, 3.63) is 34.6 Å². The van der Waals surface area contributed by atoms with Gasteiger partial charge in [0.2, 0.25) is 0 Å². The Morgan fingerprint density at radius 2 is 2.15 bits per heavy atom. The summed E-state index contributed by atoms with van der Waals surface area (Å²) in [7, 11) is 0. The van der Waals surface area contributed by atoms with E-state index < -0.39 is 5.82 Å². The molecule has 64 valence electrons. The maximum absolute atomic E-state index is 13.2. The summed E-state index contributed by atoms with van der Waals surface area (Å²) in [5.41, 5.74) is 1.13. The van der Waals surface area contributed by atoms with E-state index in [0.717, 1.165) is 6.07 Å². The number of fused-ring (bicyclic) bond motifs is 1. The Kier molecular flexibility index (Phi) is 1.63. The summed E-state index contributed by atoms with van der Waals surface area (Å²) >= 11 is 0. The van der Waals surface area contributed by atoms with E-state index in [1.807, 2.05) is 6.07 Å². The number of halogens is 1. The van der Waals surface area contributed by atoms with Gasteiger partial charge in [0, 0.05) is 6.42 Å². The minimum atomic E-state index is -0.559. The predicted octanol–water partition coefficient (Wildman–Crippen LogP) is 1.83. The number of hydrogen-bond donors (Lipinski definition) is 0. The lowest BCUT2D eigenvalue weighted by Crippen LogP contribution is -1.96. The fourth-order valence-corrected chi connectivity index (χ4v) is 1.61. The van der Waals surface area contributed by atoms with Crippen LogP contribution in [-0.4, -0.2) is 5.78 Å². The van der Waals surface area contributed by atoms with Crippen molar-refractivity contribution in [3.8, 4) is 6.07 Å². The van der Waals surface area contributed by atoms with Gasteiger partial charge >= 0.3 is 0 Å². The quantitative estimate of drug-likeness (QED) is 0.603. The van der Waals surface area contributed by atoms with Gasteiger partial charge in [-0.3, -0.25) is 4.79 Å². The van der Waals surface area contributed by atoms with Crippen LogP contribution in [0.15, 0.2) is 12.1 Å². The van der Waals surface area contributed by atoms with Crippen molar-refractivity contribution < 1.29 is 9.18 Å². The van der Waals surface area contributed by atoms with Gasteiger partial charge in [-0.2, -0.15) is 5.26 Å². The summed E-state index contributed by atoms with van der Waals surface area (Å²) in [5, 5.41) is 8.56. The molecule has 0 bridgehead atoms. The fraction of sp³-hybridized carbons (Fsp3) is 0.200. The van der Waals surface area contributed by atoms with Crippen molar-refractivity contribution in [3.63, 3.8) is 0 Å². The Labute approximate surface area is 74.6 Å². The molecule has 3 heteroatoms. The molecule has 0 spiro atoms. The third-order valence-electron chi connectivity index (χ3n) is 2.20. The molecular formula is C10H6FNO. The number of ketones is 1. The molecule has 0 atom stereocenters. The first-order valence-corrected chi connectivity index (χ1v) is 3.98. The number of nitrogens with zero attached hydrogens (tertiary/aromatic N) is 1. The van der Waals surface area contributed by atoms with E-state index in [4.69, 9.17) is 5.26 Å². The molecule has 0 N–H and O–H groups in total. The second-order valence-corrected chi connectivity index (χ2v) is 3.03. The lowest BCUT2D eigenvalue weighted by Gasteiger charge is -1.99. The number of hydrogen-bond acceptors (Lipinski definition) is 2. The van der Waals surface area contributed by atoms with Gasteiger partial charge in [-0.25, -0.2) is 4.39 Å². The number of carbonyl (C=O) groups excluding carboxylic acids is 1. The average molecular weight is 175 g/mol. The van der Waals surface area contributed by atoms with Crippen LogP contribution in [0.25, 0.3) is 0 Å². The highest BCUT2D eigenvalue weighted by Crippen LogP contribution is 2.25. The minimum Gasteiger partial charge on any atom is -0.294 e. The summed E-state index contributed by atoms with van der Waals surface area (Å²) in [6, 6.07) is 4.56. The van der Waals surface area contributed by atoms with Crippen LogP contribution in [0.5, 0.6) is 0 Å². The molecule has 0 saturated heterocycles. The first-order chi connectivity index (χ1) is 6.22. The van der Waals surface area contributed by atoms with Gasteiger partial charge in [-0.1, -0.05) is 0 Å². The van der Waals surface area contributed by atoms with E-state index in [-0.39, 0.29) is 16.9 Å². The summed E-state index contributed by atoms with van der Waals surface area (Å²) in [6.07, 6.45) is 0.918. The van der Waals surface area contributed by atoms with Crippen LogP contribution < -0.4 is 0 Å². The molecule has 1 aliphatic rings. The van der Waals surface area contributed by atoms with Crippen LogP contribution in [0.1, 0.15) is 27.9 Å². The van der Waals surface area contributed by atoms with Crippen LogP contribution in [-0.2, 0) is 6.42 Å². The third-order valence-corrected chi connectivity index (χ3v) is 2.20. The molecule has 1 aromatic rings. The predicted molar refractivity (Wildman–Crippen MR) is 43.8 cm³/mol. The van der Waals surface area contributed by atoms with E-state index >= 15 is 0 Å². The zero-order valence-corrected chi connectivity index (χ0v) is 6.80.